The molecule has 0 aromatic heterocycles. The Bertz CT molecular complexity index is 834. The molecule has 0 bridgehead atoms. The van der Waals surface area contributed by atoms with Crippen molar-refractivity contribution in [2.75, 3.05) is 25.1 Å². The number of amides is 1. The number of nitrogens with one attached hydrogen (secondary N) is 1. The van der Waals surface area contributed by atoms with Crippen LogP contribution in [0.5, 0.6) is 5.75 Å². The van der Waals surface area contributed by atoms with Gasteiger partial charge in [0, 0.05) is 41.8 Å². The maximum atomic E-state index is 12.5. The average molecular weight is 416 g/mol. The molecule has 29 heavy (non-hydrogen) atoms. The summed E-state index contributed by atoms with van der Waals surface area (Å²) in [5.41, 5.74) is 1.22. The van der Waals surface area contributed by atoms with E-state index >= 15 is 0 Å². The van der Waals surface area contributed by atoms with E-state index in [4.69, 9.17) is 4.74 Å². The quantitative estimate of drug-likeness (QED) is 0.420. The highest BCUT2D eigenvalue weighted by molar-refractivity contribution is 8.00. The van der Waals surface area contributed by atoms with Gasteiger partial charge in [-0.05, 0) is 56.2 Å². The van der Waals surface area contributed by atoms with Crippen molar-refractivity contribution in [1.82, 2.24) is 5.32 Å². The fourth-order valence-corrected chi connectivity index (χ4v) is 4.17. The molecule has 1 N–H and O–H groups in total. The number of nitrogens with zero attached hydrogens (tertiary/aromatic N) is 2. The molecule has 1 saturated heterocycles. The Morgan fingerprint density at radius 1 is 1.17 bits per heavy atom. The summed E-state index contributed by atoms with van der Waals surface area (Å²) >= 11 is 1.40. The van der Waals surface area contributed by atoms with Crippen molar-refractivity contribution in [2.24, 2.45) is 0 Å². The lowest BCUT2D eigenvalue weighted by molar-refractivity contribution is -0.384. The standard InChI is InChI=1S/C21H25N3O4S/c1-15(29-20-9-5-18(6-10-20)24(26)27)21(25)22-16-11-13-23(14-12-16)17-3-7-19(28-2)8-4-17/h3-10,15-16H,11-14H2,1-2H3,(H,22,25). The van der Waals surface area contributed by atoms with E-state index in [-0.39, 0.29) is 22.9 Å². The molecule has 1 heterocycles. The first kappa shape index (κ1) is 21.0. The zero-order valence-corrected chi connectivity index (χ0v) is 17.4. The first-order valence-electron chi connectivity index (χ1n) is 9.57. The minimum absolute atomic E-state index is 0.00347. The summed E-state index contributed by atoms with van der Waals surface area (Å²) in [6.45, 7) is 3.64. The second kappa shape index (κ2) is 9.65. The molecule has 1 unspecified atom stereocenters. The lowest BCUT2D eigenvalue weighted by Crippen LogP contribution is -2.46. The molecule has 3 rings (SSSR count). The second-order valence-electron chi connectivity index (χ2n) is 6.98. The molecule has 1 fully saturated rings. The third-order valence-electron chi connectivity index (χ3n) is 5.01. The maximum Gasteiger partial charge on any atom is 0.269 e. The van der Waals surface area contributed by atoms with Gasteiger partial charge in [-0.15, -0.1) is 11.8 Å². The van der Waals surface area contributed by atoms with Gasteiger partial charge < -0.3 is 15.0 Å². The number of nitro benzene ring substituents is 1. The summed E-state index contributed by atoms with van der Waals surface area (Å²) in [6, 6.07) is 14.5. The molecule has 8 heteroatoms. The van der Waals surface area contributed by atoms with Crippen LogP contribution in [0.4, 0.5) is 11.4 Å². The number of hydrogen-bond acceptors (Lipinski definition) is 6. The fourth-order valence-electron chi connectivity index (χ4n) is 3.30. The second-order valence-corrected chi connectivity index (χ2v) is 8.39. The number of ether oxygens (including phenoxy) is 1. The van der Waals surface area contributed by atoms with Crippen LogP contribution in [0.1, 0.15) is 19.8 Å². The number of carbonyl (C=O) groups excluding carboxylic acids is 1. The predicted octanol–water partition coefficient (Wildman–Crippen LogP) is 3.87. The Morgan fingerprint density at radius 2 is 1.79 bits per heavy atom. The number of methoxy groups -OCH3 is 1. The number of piperidine rings is 1. The minimum Gasteiger partial charge on any atom is -0.497 e. The van der Waals surface area contributed by atoms with Crippen molar-refractivity contribution in [3.63, 3.8) is 0 Å². The van der Waals surface area contributed by atoms with Crippen LogP contribution < -0.4 is 15.0 Å². The van der Waals surface area contributed by atoms with Gasteiger partial charge in [0.2, 0.25) is 5.91 Å². The molecule has 0 radical (unpaired) electrons. The molecule has 0 spiro atoms. The number of anilines is 1. The van der Waals surface area contributed by atoms with E-state index in [0.717, 1.165) is 42.3 Å². The summed E-state index contributed by atoms with van der Waals surface area (Å²) in [5, 5.41) is 13.6. The van der Waals surface area contributed by atoms with Crippen LogP contribution >= 0.6 is 11.8 Å². The number of hydrogen-bond donors (Lipinski definition) is 1. The summed E-state index contributed by atoms with van der Waals surface area (Å²) < 4.78 is 5.20. The summed E-state index contributed by atoms with van der Waals surface area (Å²) in [7, 11) is 1.66. The van der Waals surface area contributed by atoms with E-state index in [0.29, 0.717) is 0 Å². The Hall–Kier alpha value is -2.74. The monoisotopic (exact) mass is 415 g/mol. The van der Waals surface area contributed by atoms with Crippen molar-refractivity contribution < 1.29 is 14.5 Å². The summed E-state index contributed by atoms with van der Waals surface area (Å²) in [6.07, 6.45) is 1.79. The molecule has 0 saturated carbocycles. The Morgan fingerprint density at radius 3 is 2.34 bits per heavy atom. The molecular formula is C21H25N3O4S. The zero-order chi connectivity index (χ0) is 20.8. The number of carbonyl (C=O) groups is 1. The first-order valence-corrected chi connectivity index (χ1v) is 10.4. The van der Waals surface area contributed by atoms with Crippen LogP contribution in [-0.4, -0.2) is 42.3 Å². The van der Waals surface area contributed by atoms with Gasteiger partial charge in [-0.3, -0.25) is 14.9 Å². The van der Waals surface area contributed by atoms with Gasteiger partial charge in [-0.2, -0.15) is 0 Å². The highest BCUT2D eigenvalue weighted by Gasteiger charge is 2.23. The smallest absolute Gasteiger partial charge is 0.269 e. The number of nitro groups is 1. The highest BCUT2D eigenvalue weighted by Crippen LogP contribution is 2.26. The lowest BCUT2D eigenvalue weighted by Gasteiger charge is -2.34. The van der Waals surface area contributed by atoms with Crippen LogP contribution in [0.15, 0.2) is 53.4 Å². The summed E-state index contributed by atoms with van der Waals surface area (Å²) in [5.74, 6) is 0.839. The Kier molecular flexibility index (Phi) is 6.98. The van der Waals surface area contributed by atoms with Crippen molar-refractivity contribution in [3.05, 3.63) is 58.6 Å². The number of thioether (sulfide) groups is 1. The normalized spacial score (nSPS) is 15.6. The molecule has 1 amide bonds. The highest BCUT2D eigenvalue weighted by atomic mass is 32.2. The van der Waals surface area contributed by atoms with Crippen LogP contribution in [0.3, 0.4) is 0 Å². The van der Waals surface area contributed by atoms with Gasteiger partial charge in [0.05, 0.1) is 17.3 Å². The molecule has 2 aromatic rings. The topological polar surface area (TPSA) is 84.7 Å². The van der Waals surface area contributed by atoms with E-state index in [1.807, 2.05) is 19.1 Å². The molecule has 1 aliphatic rings. The fraction of sp³-hybridized carbons (Fsp3) is 0.381. The van der Waals surface area contributed by atoms with Gasteiger partial charge >= 0.3 is 0 Å². The first-order chi connectivity index (χ1) is 14.0. The number of benzene rings is 2. The van der Waals surface area contributed by atoms with E-state index in [2.05, 4.69) is 22.3 Å². The van der Waals surface area contributed by atoms with Gasteiger partial charge in [0.15, 0.2) is 0 Å². The van der Waals surface area contributed by atoms with Gasteiger partial charge in [0.1, 0.15) is 5.75 Å². The van der Waals surface area contributed by atoms with Crippen molar-refractivity contribution >= 4 is 29.0 Å². The van der Waals surface area contributed by atoms with Crippen LogP contribution in [0.2, 0.25) is 0 Å². The van der Waals surface area contributed by atoms with E-state index < -0.39 is 4.92 Å². The molecule has 154 valence electrons. The Balaban J connectivity index is 1.46. The Labute approximate surface area is 174 Å². The molecule has 1 atom stereocenters. The van der Waals surface area contributed by atoms with Crippen LogP contribution in [0, 0.1) is 10.1 Å². The van der Waals surface area contributed by atoms with E-state index in [9.17, 15) is 14.9 Å². The third-order valence-corrected chi connectivity index (χ3v) is 6.12. The average Bonchev–Trinajstić information content (AvgIpc) is 2.74. The maximum absolute atomic E-state index is 12.5. The number of rotatable bonds is 7. The molecule has 0 aliphatic carbocycles. The van der Waals surface area contributed by atoms with Gasteiger partial charge in [0.25, 0.3) is 5.69 Å². The minimum atomic E-state index is -0.428. The molecular weight excluding hydrogens is 390 g/mol. The molecule has 7 nitrogen and oxygen atoms in total. The SMILES string of the molecule is COc1ccc(N2CCC(NC(=O)C(C)Sc3ccc([N+](=O)[O-])cc3)CC2)cc1. The van der Waals surface area contributed by atoms with E-state index in [1.165, 1.54) is 23.9 Å². The van der Waals surface area contributed by atoms with Crippen LogP contribution in [-0.2, 0) is 4.79 Å². The number of non-ortho nitro benzene ring substituents is 1. The van der Waals surface area contributed by atoms with Crippen molar-refractivity contribution in [2.45, 2.75) is 36.0 Å². The van der Waals surface area contributed by atoms with Crippen molar-refractivity contribution in [3.8, 4) is 5.75 Å². The predicted molar refractivity (Wildman–Crippen MR) is 115 cm³/mol. The lowest BCUT2D eigenvalue weighted by atomic mass is 10.0. The van der Waals surface area contributed by atoms with E-state index in [1.54, 1.807) is 19.2 Å². The third kappa shape index (κ3) is 5.63. The molecule has 1 aliphatic heterocycles. The van der Waals surface area contributed by atoms with Crippen LogP contribution in [0.25, 0.3) is 0 Å². The van der Waals surface area contributed by atoms with Crippen molar-refractivity contribution in [1.29, 1.82) is 0 Å². The molecule has 2 aromatic carbocycles. The van der Waals surface area contributed by atoms with Gasteiger partial charge in [-0.25, -0.2) is 0 Å². The zero-order valence-electron chi connectivity index (χ0n) is 16.5. The summed E-state index contributed by atoms with van der Waals surface area (Å²) in [4.78, 5) is 26.0. The van der Waals surface area contributed by atoms with Gasteiger partial charge in [-0.1, -0.05) is 0 Å². The largest absolute Gasteiger partial charge is 0.497 e.